The number of hydrogen-bond acceptors (Lipinski definition) is 6. The molecule has 4 rings (SSSR count). The summed E-state index contributed by atoms with van der Waals surface area (Å²) < 4.78 is 7.53. The smallest absolute Gasteiger partial charge is 0.244 e. The van der Waals surface area contributed by atoms with Gasteiger partial charge in [-0.15, -0.1) is 5.10 Å². The second-order valence-corrected chi connectivity index (χ2v) is 5.56. The van der Waals surface area contributed by atoms with Crippen LogP contribution >= 0.6 is 0 Å². The van der Waals surface area contributed by atoms with E-state index >= 15 is 0 Å². The Morgan fingerprint density at radius 3 is 2.68 bits per heavy atom. The highest BCUT2D eigenvalue weighted by atomic mass is 16.3. The second-order valence-electron chi connectivity index (χ2n) is 5.56. The molecular weight excluding hydrogens is 280 g/mol. The number of anilines is 1. The molecule has 0 atom stereocenters. The molecule has 1 fully saturated rings. The van der Waals surface area contributed by atoms with Crippen LogP contribution in [-0.4, -0.2) is 50.8 Å². The maximum atomic E-state index is 5.79. The Kier molecular flexibility index (Phi) is 3.27. The fourth-order valence-electron chi connectivity index (χ4n) is 2.76. The van der Waals surface area contributed by atoms with Crippen LogP contribution in [0, 0.1) is 0 Å². The number of aryl methyl sites for hydroxylation is 1. The summed E-state index contributed by atoms with van der Waals surface area (Å²) in [5, 5.41) is 4.35. The quantitative estimate of drug-likeness (QED) is 0.726. The highest BCUT2D eigenvalue weighted by Gasteiger charge is 2.21. The number of rotatable bonds is 3. The number of fused-ring (bicyclic) bond motifs is 1. The number of nitrogens with zero attached hydrogens (tertiary/aromatic N) is 6. The minimum atomic E-state index is 0.748. The van der Waals surface area contributed by atoms with E-state index in [4.69, 9.17) is 4.42 Å². The van der Waals surface area contributed by atoms with Crippen LogP contribution in [0.5, 0.6) is 0 Å². The summed E-state index contributed by atoms with van der Waals surface area (Å²) in [5.41, 5.74) is 1.78. The van der Waals surface area contributed by atoms with Crippen molar-refractivity contribution in [3.05, 3.63) is 36.5 Å². The maximum Gasteiger partial charge on any atom is 0.244 e. The van der Waals surface area contributed by atoms with E-state index in [9.17, 15) is 0 Å². The molecule has 1 saturated heterocycles. The fourth-order valence-corrected chi connectivity index (χ4v) is 2.76. The molecule has 1 aromatic carbocycles. The Labute approximate surface area is 128 Å². The van der Waals surface area contributed by atoms with Crippen molar-refractivity contribution < 1.29 is 4.42 Å². The Bertz CT molecular complexity index is 738. The zero-order valence-corrected chi connectivity index (χ0v) is 12.5. The highest BCUT2D eigenvalue weighted by molar-refractivity contribution is 5.72. The van der Waals surface area contributed by atoms with Crippen LogP contribution in [0.2, 0.25) is 0 Å². The lowest BCUT2D eigenvalue weighted by molar-refractivity contribution is 0.227. The molecule has 0 N–H and O–H groups in total. The first-order valence-corrected chi connectivity index (χ1v) is 7.45. The van der Waals surface area contributed by atoms with Gasteiger partial charge < -0.3 is 9.32 Å². The number of piperazine rings is 1. The summed E-state index contributed by atoms with van der Waals surface area (Å²) in [4.78, 5) is 13.4. The molecule has 3 aromatic rings. The molecule has 3 heterocycles. The van der Waals surface area contributed by atoms with E-state index in [2.05, 4.69) is 24.9 Å². The molecular formula is C15H18N6O. The highest BCUT2D eigenvalue weighted by Crippen LogP contribution is 2.17. The van der Waals surface area contributed by atoms with E-state index in [1.807, 2.05) is 31.3 Å². The fraction of sp³-hybridized carbons (Fsp3) is 0.400. The molecule has 7 heteroatoms. The van der Waals surface area contributed by atoms with E-state index in [0.29, 0.717) is 0 Å². The van der Waals surface area contributed by atoms with E-state index in [0.717, 1.165) is 55.7 Å². The van der Waals surface area contributed by atoms with Crippen molar-refractivity contribution in [3.63, 3.8) is 0 Å². The van der Waals surface area contributed by atoms with Gasteiger partial charge >= 0.3 is 0 Å². The van der Waals surface area contributed by atoms with Crippen LogP contribution < -0.4 is 4.90 Å². The van der Waals surface area contributed by atoms with Crippen molar-refractivity contribution in [1.82, 2.24) is 24.6 Å². The zero-order chi connectivity index (χ0) is 14.9. The molecule has 0 amide bonds. The standard InChI is InChI=1S/C15H18N6O/c1-19-11-16-15(18-19)21-8-6-20(7-9-21)10-14-17-12-4-2-3-5-13(12)22-14/h2-5,11H,6-10H2,1H3. The van der Waals surface area contributed by atoms with Gasteiger partial charge in [0.05, 0.1) is 6.54 Å². The molecule has 0 aliphatic carbocycles. The molecule has 1 aliphatic heterocycles. The van der Waals surface area contributed by atoms with Crippen LogP contribution in [0.25, 0.3) is 11.1 Å². The van der Waals surface area contributed by atoms with Crippen molar-refractivity contribution >= 4 is 17.0 Å². The van der Waals surface area contributed by atoms with E-state index in [1.165, 1.54) is 0 Å². The summed E-state index contributed by atoms with van der Waals surface area (Å²) in [6.07, 6.45) is 1.74. The Balaban J connectivity index is 1.39. The van der Waals surface area contributed by atoms with E-state index in [-0.39, 0.29) is 0 Å². The molecule has 22 heavy (non-hydrogen) atoms. The topological polar surface area (TPSA) is 63.2 Å². The minimum Gasteiger partial charge on any atom is -0.439 e. The minimum absolute atomic E-state index is 0.748. The van der Waals surface area contributed by atoms with Gasteiger partial charge in [-0.25, -0.2) is 9.97 Å². The van der Waals surface area contributed by atoms with Gasteiger partial charge in [-0.05, 0) is 12.1 Å². The third-order valence-electron chi connectivity index (χ3n) is 3.94. The normalized spacial score (nSPS) is 16.5. The summed E-state index contributed by atoms with van der Waals surface area (Å²) in [6, 6.07) is 7.88. The number of para-hydroxylation sites is 2. The molecule has 114 valence electrons. The molecule has 2 aromatic heterocycles. The molecule has 0 unspecified atom stereocenters. The van der Waals surface area contributed by atoms with Gasteiger partial charge in [-0.3, -0.25) is 9.58 Å². The molecule has 0 bridgehead atoms. The summed E-state index contributed by atoms with van der Waals surface area (Å²) in [6.45, 7) is 4.50. The van der Waals surface area contributed by atoms with Crippen molar-refractivity contribution in [2.24, 2.45) is 7.05 Å². The van der Waals surface area contributed by atoms with Crippen molar-refractivity contribution in [3.8, 4) is 0 Å². The second kappa shape index (κ2) is 5.42. The number of benzene rings is 1. The predicted octanol–water partition coefficient (Wildman–Crippen LogP) is 1.28. The summed E-state index contributed by atoms with van der Waals surface area (Å²) in [5.74, 6) is 1.59. The van der Waals surface area contributed by atoms with Crippen LogP contribution in [0.15, 0.2) is 35.0 Å². The first-order chi connectivity index (χ1) is 10.8. The average molecular weight is 298 g/mol. The Morgan fingerprint density at radius 1 is 1.14 bits per heavy atom. The molecule has 0 saturated carbocycles. The van der Waals surface area contributed by atoms with E-state index < -0.39 is 0 Å². The van der Waals surface area contributed by atoms with Crippen LogP contribution in [0.3, 0.4) is 0 Å². The van der Waals surface area contributed by atoms with Gasteiger partial charge in [0.15, 0.2) is 5.58 Å². The lowest BCUT2D eigenvalue weighted by Gasteiger charge is -2.33. The third kappa shape index (κ3) is 2.55. The van der Waals surface area contributed by atoms with Crippen LogP contribution in [-0.2, 0) is 13.6 Å². The summed E-state index contributed by atoms with van der Waals surface area (Å²) in [7, 11) is 1.89. The molecule has 1 aliphatic rings. The van der Waals surface area contributed by atoms with Gasteiger partial charge in [-0.2, -0.15) is 0 Å². The predicted molar refractivity (Wildman–Crippen MR) is 82.5 cm³/mol. The molecule has 0 radical (unpaired) electrons. The third-order valence-corrected chi connectivity index (χ3v) is 3.94. The average Bonchev–Trinajstić information content (AvgIpc) is 3.13. The largest absolute Gasteiger partial charge is 0.439 e. The summed E-state index contributed by atoms with van der Waals surface area (Å²) >= 11 is 0. The van der Waals surface area contributed by atoms with Crippen molar-refractivity contribution in [1.29, 1.82) is 0 Å². The monoisotopic (exact) mass is 298 g/mol. The van der Waals surface area contributed by atoms with Crippen molar-refractivity contribution in [2.45, 2.75) is 6.54 Å². The SMILES string of the molecule is Cn1cnc(N2CCN(Cc3nc4ccccc4o3)CC2)n1. The van der Waals surface area contributed by atoms with Gasteiger partial charge in [-0.1, -0.05) is 12.1 Å². The first-order valence-electron chi connectivity index (χ1n) is 7.45. The lowest BCUT2D eigenvalue weighted by Crippen LogP contribution is -2.46. The van der Waals surface area contributed by atoms with Crippen LogP contribution in [0.1, 0.15) is 5.89 Å². The van der Waals surface area contributed by atoms with Crippen molar-refractivity contribution in [2.75, 3.05) is 31.1 Å². The Morgan fingerprint density at radius 2 is 1.95 bits per heavy atom. The molecule has 0 spiro atoms. The maximum absolute atomic E-state index is 5.79. The molecule has 7 nitrogen and oxygen atoms in total. The number of hydrogen-bond donors (Lipinski definition) is 0. The lowest BCUT2D eigenvalue weighted by atomic mass is 10.3. The first kappa shape index (κ1) is 13.3. The Hall–Kier alpha value is -2.41. The number of aromatic nitrogens is 4. The van der Waals surface area contributed by atoms with E-state index in [1.54, 1.807) is 11.0 Å². The van der Waals surface area contributed by atoms with Gasteiger partial charge in [0.2, 0.25) is 11.8 Å². The van der Waals surface area contributed by atoms with Gasteiger partial charge in [0.25, 0.3) is 0 Å². The van der Waals surface area contributed by atoms with Crippen LogP contribution in [0.4, 0.5) is 5.95 Å². The zero-order valence-electron chi connectivity index (χ0n) is 12.5. The number of oxazole rings is 1. The van der Waals surface area contributed by atoms with Gasteiger partial charge in [0.1, 0.15) is 11.8 Å². The van der Waals surface area contributed by atoms with Gasteiger partial charge in [0, 0.05) is 33.2 Å².